The molecule has 6 atom stereocenters. The molecule has 1 fully saturated rings. The van der Waals surface area contributed by atoms with Crippen molar-refractivity contribution in [2.45, 2.75) is 125 Å². The Balaban J connectivity index is 2.43. The third kappa shape index (κ3) is 12.7. The van der Waals surface area contributed by atoms with Gasteiger partial charge in [0.05, 0.1) is 13.2 Å². The molecule has 0 saturated carbocycles. The van der Waals surface area contributed by atoms with Crippen LogP contribution in [-0.4, -0.2) is 73.6 Å². The summed E-state index contributed by atoms with van der Waals surface area (Å²) in [5.41, 5.74) is 0. The molecule has 1 rings (SSSR count). The maximum Gasteiger partial charge on any atom is 0.303 e. The fraction of sp³-hybridized carbons (Fsp3) is 0.926. The highest BCUT2D eigenvalue weighted by Gasteiger charge is 2.44. The molecule has 0 bridgehead atoms. The van der Waals surface area contributed by atoms with Gasteiger partial charge in [0.1, 0.15) is 18.8 Å². The lowest BCUT2D eigenvalue weighted by Gasteiger charge is -2.43. The average molecular weight is 550 g/mol. The molecule has 0 aromatic carbocycles. The lowest BCUT2D eigenvalue weighted by Crippen LogP contribution is -2.53. The second kappa shape index (κ2) is 18.5. The van der Waals surface area contributed by atoms with Gasteiger partial charge in [0.2, 0.25) is 0 Å². The molecular formula is C27H52NO8P. The topological polar surface area (TPSA) is 92.8 Å². The van der Waals surface area contributed by atoms with Crippen LogP contribution in [0, 0.1) is 11.8 Å². The molecule has 0 N–H and O–H groups in total. The van der Waals surface area contributed by atoms with E-state index in [1.165, 1.54) is 13.8 Å². The van der Waals surface area contributed by atoms with E-state index in [9.17, 15) is 9.59 Å². The lowest BCUT2D eigenvalue weighted by molar-refractivity contribution is -0.273. The van der Waals surface area contributed by atoms with E-state index >= 15 is 0 Å². The molecule has 10 heteroatoms. The molecular weight excluding hydrogens is 497 g/mol. The van der Waals surface area contributed by atoms with Gasteiger partial charge in [-0.1, -0.05) is 33.6 Å². The van der Waals surface area contributed by atoms with E-state index in [-0.39, 0.29) is 24.4 Å². The van der Waals surface area contributed by atoms with E-state index in [1.807, 2.05) is 13.8 Å². The van der Waals surface area contributed by atoms with Gasteiger partial charge in [0.15, 0.2) is 6.29 Å². The molecule has 0 amide bonds. The van der Waals surface area contributed by atoms with E-state index in [4.69, 9.17) is 28.0 Å². The van der Waals surface area contributed by atoms with E-state index in [0.717, 1.165) is 32.1 Å². The predicted molar refractivity (Wildman–Crippen MR) is 145 cm³/mol. The molecule has 6 unspecified atom stereocenters. The Morgan fingerprint density at radius 1 is 0.865 bits per heavy atom. The minimum Gasteiger partial charge on any atom is -0.463 e. The molecule has 37 heavy (non-hydrogen) atoms. The predicted octanol–water partition coefficient (Wildman–Crippen LogP) is 5.84. The number of esters is 2. The van der Waals surface area contributed by atoms with Crippen molar-refractivity contribution < 1.29 is 37.6 Å². The highest BCUT2D eigenvalue weighted by Crippen LogP contribution is 2.46. The Morgan fingerprint density at radius 2 is 1.46 bits per heavy atom. The normalized spacial score (nSPS) is 25.0. The largest absolute Gasteiger partial charge is 0.463 e. The zero-order chi connectivity index (χ0) is 28.0. The molecule has 0 aliphatic carbocycles. The smallest absolute Gasteiger partial charge is 0.303 e. The second-order valence-electron chi connectivity index (χ2n) is 10.4. The van der Waals surface area contributed by atoms with Gasteiger partial charge in [-0.15, -0.1) is 0 Å². The van der Waals surface area contributed by atoms with Gasteiger partial charge < -0.3 is 28.0 Å². The summed E-state index contributed by atoms with van der Waals surface area (Å²) < 4.78 is 37.4. The van der Waals surface area contributed by atoms with Crippen LogP contribution in [0.5, 0.6) is 0 Å². The molecule has 0 radical (unpaired) electrons. The first-order valence-electron chi connectivity index (χ1n) is 13.9. The minimum atomic E-state index is -1.05. The summed E-state index contributed by atoms with van der Waals surface area (Å²) >= 11 is 0. The fourth-order valence-corrected chi connectivity index (χ4v) is 6.09. The van der Waals surface area contributed by atoms with Crippen molar-refractivity contribution in [1.29, 1.82) is 0 Å². The molecule has 9 nitrogen and oxygen atoms in total. The Hall–Kier alpha value is -0.830. The van der Waals surface area contributed by atoms with Crippen LogP contribution in [0.4, 0.5) is 0 Å². The highest BCUT2D eigenvalue weighted by molar-refractivity contribution is 7.44. The van der Waals surface area contributed by atoms with Crippen LogP contribution in [-0.2, 0) is 37.6 Å². The molecule has 1 saturated heterocycles. The van der Waals surface area contributed by atoms with Crippen molar-refractivity contribution in [3.05, 3.63) is 0 Å². The Labute approximate surface area is 226 Å². The summed E-state index contributed by atoms with van der Waals surface area (Å²) in [5, 5.41) is 0. The van der Waals surface area contributed by atoms with Gasteiger partial charge in [-0.25, -0.2) is 4.67 Å². The minimum absolute atomic E-state index is 0.00131. The van der Waals surface area contributed by atoms with Crippen LogP contribution >= 0.6 is 8.53 Å². The maximum atomic E-state index is 11.6. The summed E-state index contributed by atoms with van der Waals surface area (Å²) in [5.74, 6) is -0.752. The third-order valence-corrected chi connectivity index (χ3v) is 8.49. The highest BCUT2D eigenvalue weighted by atomic mass is 31.2. The number of unbranched alkanes of at least 4 members (excludes halogenated alkanes) is 3. The first kappa shape index (κ1) is 34.2. The third-order valence-electron chi connectivity index (χ3n) is 6.38. The number of carbonyl (C=O) groups is 2. The number of carbonyl (C=O) groups excluding carboxylic acids is 2. The van der Waals surface area contributed by atoms with Crippen molar-refractivity contribution in [2.24, 2.45) is 11.8 Å². The average Bonchev–Trinajstić information content (AvgIpc) is 2.81. The number of hydrogen-bond acceptors (Lipinski definition) is 9. The molecule has 0 spiro atoms. The van der Waals surface area contributed by atoms with Gasteiger partial charge in [-0.3, -0.25) is 9.59 Å². The fourth-order valence-electron chi connectivity index (χ4n) is 4.37. The number of hydrogen-bond donors (Lipinski definition) is 0. The van der Waals surface area contributed by atoms with Crippen LogP contribution in [0.3, 0.4) is 0 Å². The van der Waals surface area contributed by atoms with Gasteiger partial charge in [-0.2, -0.15) is 0 Å². The first-order chi connectivity index (χ1) is 17.5. The first-order valence-corrected chi connectivity index (χ1v) is 15.0. The second-order valence-corrected chi connectivity index (χ2v) is 11.8. The summed E-state index contributed by atoms with van der Waals surface area (Å²) in [6, 6.07) is 0.732. The monoisotopic (exact) mass is 549 g/mol. The van der Waals surface area contributed by atoms with Crippen LogP contribution in [0.15, 0.2) is 0 Å². The van der Waals surface area contributed by atoms with Crippen molar-refractivity contribution in [2.75, 3.05) is 26.4 Å². The zero-order valence-electron chi connectivity index (χ0n) is 24.6. The molecule has 0 aromatic rings. The Bertz CT molecular complexity index is 642. The van der Waals surface area contributed by atoms with Gasteiger partial charge in [0.25, 0.3) is 8.53 Å². The summed E-state index contributed by atoms with van der Waals surface area (Å²) in [7, 11) is -1.05. The van der Waals surface area contributed by atoms with Crippen molar-refractivity contribution in [3.63, 3.8) is 0 Å². The van der Waals surface area contributed by atoms with Crippen molar-refractivity contribution in [3.8, 4) is 0 Å². The van der Waals surface area contributed by atoms with Crippen LogP contribution in [0.2, 0.25) is 0 Å². The quantitative estimate of drug-likeness (QED) is 0.119. The zero-order valence-corrected chi connectivity index (χ0v) is 25.5. The van der Waals surface area contributed by atoms with Crippen LogP contribution in [0.1, 0.15) is 94.4 Å². The summed E-state index contributed by atoms with van der Waals surface area (Å²) in [6.07, 6.45) is 3.45. The molecule has 218 valence electrons. The molecule has 1 aliphatic rings. The maximum absolute atomic E-state index is 11.6. The van der Waals surface area contributed by atoms with Crippen molar-refractivity contribution >= 4 is 20.5 Å². The van der Waals surface area contributed by atoms with Gasteiger partial charge >= 0.3 is 11.9 Å². The molecule has 1 aliphatic heterocycles. The summed E-state index contributed by atoms with van der Waals surface area (Å²) in [6.45, 7) is 19.6. The number of nitrogens with zero attached hydrogens (tertiary/aromatic N) is 1. The van der Waals surface area contributed by atoms with Gasteiger partial charge in [-0.05, 0) is 47.0 Å². The van der Waals surface area contributed by atoms with E-state index in [2.05, 4.69) is 39.3 Å². The SMILES string of the molecule is CCCOP(OCCCCCCOC1OC(COC(C)=O)C(OC(C)=O)C(C)C1C)N(C(C)C)C(C)C. The molecule has 0 aromatic heterocycles. The Kier molecular flexibility index (Phi) is 17.1. The summed E-state index contributed by atoms with van der Waals surface area (Å²) in [4.78, 5) is 22.9. The van der Waals surface area contributed by atoms with Gasteiger partial charge in [0, 0.05) is 44.4 Å². The van der Waals surface area contributed by atoms with E-state index in [0.29, 0.717) is 31.9 Å². The molecule has 1 heterocycles. The van der Waals surface area contributed by atoms with Crippen LogP contribution < -0.4 is 0 Å². The Morgan fingerprint density at radius 3 is 2.00 bits per heavy atom. The standard InChI is InChI=1S/C27H52NO8P/c1-10-15-33-37(28(19(2)3)20(4)5)34-17-14-12-11-13-16-31-27-22(7)21(6)26(35-24(9)30)25(36-27)18-32-23(8)29/h19-22,25-27H,10-18H2,1-9H3. The van der Waals surface area contributed by atoms with Crippen molar-refractivity contribution in [1.82, 2.24) is 4.67 Å². The van der Waals surface area contributed by atoms with Crippen LogP contribution in [0.25, 0.3) is 0 Å². The lowest BCUT2D eigenvalue weighted by atomic mass is 9.84. The van der Waals surface area contributed by atoms with E-state index < -0.39 is 33.0 Å². The number of rotatable bonds is 18. The van der Waals surface area contributed by atoms with E-state index in [1.54, 1.807) is 0 Å². The number of ether oxygens (including phenoxy) is 4.